The summed E-state index contributed by atoms with van der Waals surface area (Å²) in [5.41, 5.74) is 1.78. The van der Waals surface area contributed by atoms with E-state index in [1.165, 1.54) is 0 Å². The van der Waals surface area contributed by atoms with Gasteiger partial charge in [-0.15, -0.1) is 0 Å². The van der Waals surface area contributed by atoms with Crippen LogP contribution in [-0.4, -0.2) is 21.0 Å². The van der Waals surface area contributed by atoms with Crippen LogP contribution in [0.3, 0.4) is 0 Å². The lowest BCUT2D eigenvalue weighted by molar-refractivity contribution is 0.683. The molecule has 0 bridgehead atoms. The van der Waals surface area contributed by atoms with Crippen molar-refractivity contribution in [3.63, 3.8) is 0 Å². The van der Waals surface area contributed by atoms with Gasteiger partial charge in [-0.2, -0.15) is 5.26 Å². The molecule has 0 aliphatic rings. The molecule has 0 aliphatic carbocycles. The number of hydrogen-bond donors (Lipinski definition) is 1. The predicted molar refractivity (Wildman–Crippen MR) is 88.3 cm³/mol. The summed E-state index contributed by atoms with van der Waals surface area (Å²) in [5, 5.41) is 11.9. The second-order valence-electron chi connectivity index (χ2n) is 5.02. The number of aryl methyl sites for hydroxylation is 1. The topological polar surface area (TPSA) is 74.5 Å². The first-order valence-corrected chi connectivity index (χ1v) is 7.48. The highest BCUT2D eigenvalue weighted by Gasteiger charge is 2.06. The summed E-state index contributed by atoms with van der Waals surface area (Å²) in [4.78, 5) is 12.3. The molecule has 2 heterocycles. The number of pyridine rings is 1. The number of aromatic nitrogens is 3. The highest BCUT2D eigenvalue weighted by atomic mass is 15.1. The number of nitrogens with zero attached hydrogens (tertiary/aromatic N) is 4. The van der Waals surface area contributed by atoms with E-state index >= 15 is 0 Å². The first-order valence-electron chi connectivity index (χ1n) is 7.48. The molecule has 1 atom stereocenters. The van der Waals surface area contributed by atoms with Crippen LogP contribution in [-0.2, 0) is 6.42 Å². The van der Waals surface area contributed by atoms with Crippen LogP contribution in [0.5, 0.6) is 0 Å². The van der Waals surface area contributed by atoms with Crippen LogP contribution in [0, 0.1) is 18.3 Å². The van der Waals surface area contributed by atoms with Crippen LogP contribution >= 0.6 is 0 Å². The summed E-state index contributed by atoms with van der Waals surface area (Å²) in [6.07, 6.45) is 7.82. The molecule has 2 aromatic heterocycles. The summed E-state index contributed by atoms with van der Waals surface area (Å²) >= 11 is 0. The Labute approximate surface area is 132 Å². The van der Waals surface area contributed by atoms with Gasteiger partial charge >= 0.3 is 0 Å². The van der Waals surface area contributed by atoms with Crippen molar-refractivity contribution in [2.24, 2.45) is 0 Å². The molecule has 1 unspecified atom stereocenters. The lowest BCUT2D eigenvalue weighted by atomic mass is 10.2. The average Bonchev–Trinajstić information content (AvgIpc) is 2.53. The van der Waals surface area contributed by atoms with Crippen LogP contribution < -0.4 is 5.32 Å². The lowest BCUT2D eigenvalue weighted by Gasteiger charge is -2.13. The molecule has 0 aromatic carbocycles. The van der Waals surface area contributed by atoms with Crippen molar-refractivity contribution >= 4 is 5.95 Å². The molecule has 5 heteroatoms. The molecule has 5 nitrogen and oxygen atoms in total. The summed E-state index contributed by atoms with van der Waals surface area (Å²) in [6, 6.07) is 8.19. The number of hydrogen-bond acceptors (Lipinski definition) is 5. The van der Waals surface area contributed by atoms with Crippen molar-refractivity contribution in [2.75, 3.05) is 5.32 Å². The smallest absolute Gasteiger partial charge is 0.223 e. The minimum absolute atomic E-state index is 0.338. The maximum Gasteiger partial charge on any atom is 0.223 e. The van der Waals surface area contributed by atoms with Crippen molar-refractivity contribution < 1.29 is 0 Å². The quantitative estimate of drug-likeness (QED) is 0.913. The third-order valence-corrected chi connectivity index (χ3v) is 2.99. The van der Waals surface area contributed by atoms with Crippen molar-refractivity contribution in [2.45, 2.75) is 46.1 Å². The second-order valence-corrected chi connectivity index (χ2v) is 5.02. The van der Waals surface area contributed by atoms with E-state index in [2.05, 4.69) is 40.2 Å². The van der Waals surface area contributed by atoms with Crippen molar-refractivity contribution in [3.05, 3.63) is 48.0 Å². The summed E-state index contributed by atoms with van der Waals surface area (Å²) < 4.78 is 0. The van der Waals surface area contributed by atoms with Crippen LogP contribution in [0.15, 0.2) is 36.8 Å². The zero-order valence-corrected chi connectivity index (χ0v) is 13.5. The normalized spacial score (nSPS) is 10.8. The molecule has 2 aromatic rings. The predicted octanol–water partition coefficient (Wildman–Crippen LogP) is 3.53. The van der Waals surface area contributed by atoms with E-state index in [1.807, 2.05) is 25.1 Å². The van der Waals surface area contributed by atoms with Crippen LogP contribution in [0.25, 0.3) is 0 Å². The molecule has 0 fully saturated rings. The monoisotopic (exact) mass is 297 g/mol. The minimum atomic E-state index is 0.338. The summed E-state index contributed by atoms with van der Waals surface area (Å²) in [6.45, 7) is 6.18. The van der Waals surface area contributed by atoms with E-state index in [-0.39, 0.29) is 0 Å². The van der Waals surface area contributed by atoms with E-state index in [9.17, 15) is 0 Å². The first-order chi connectivity index (χ1) is 10.7. The van der Waals surface area contributed by atoms with Gasteiger partial charge in [-0.25, -0.2) is 9.97 Å². The van der Waals surface area contributed by atoms with Crippen molar-refractivity contribution in [3.8, 4) is 6.07 Å². The maximum atomic E-state index is 8.67. The number of rotatable bonds is 5. The van der Waals surface area contributed by atoms with Gasteiger partial charge < -0.3 is 5.32 Å². The van der Waals surface area contributed by atoms with Gasteiger partial charge in [0.05, 0.1) is 18.2 Å². The van der Waals surface area contributed by atoms with Gasteiger partial charge in [0, 0.05) is 24.6 Å². The van der Waals surface area contributed by atoms with Gasteiger partial charge in [-0.3, -0.25) is 4.98 Å². The Hall–Kier alpha value is -2.48. The first kappa shape index (κ1) is 17.6. The Bertz CT molecular complexity index is 551. The Morgan fingerprint density at radius 1 is 1.27 bits per heavy atom. The van der Waals surface area contributed by atoms with Gasteiger partial charge in [-0.1, -0.05) is 19.4 Å². The van der Waals surface area contributed by atoms with Gasteiger partial charge in [0.25, 0.3) is 0 Å². The fourth-order valence-electron chi connectivity index (χ4n) is 1.84. The van der Waals surface area contributed by atoms with Gasteiger partial charge in [0.1, 0.15) is 0 Å². The van der Waals surface area contributed by atoms with Gasteiger partial charge in [0.15, 0.2) is 0 Å². The molecule has 1 N–H and O–H groups in total. The van der Waals surface area contributed by atoms with E-state index in [4.69, 9.17) is 5.26 Å². The molecule has 0 spiro atoms. The van der Waals surface area contributed by atoms with Gasteiger partial charge in [-0.05, 0) is 38.0 Å². The molecule has 116 valence electrons. The Morgan fingerprint density at radius 2 is 2.00 bits per heavy atom. The fraction of sp³-hybridized carbons (Fsp3) is 0.412. The van der Waals surface area contributed by atoms with E-state index in [0.717, 1.165) is 24.1 Å². The number of anilines is 1. The zero-order valence-electron chi connectivity index (χ0n) is 13.5. The molecule has 0 saturated carbocycles. The summed E-state index contributed by atoms with van der Waals surface area (Å²) in [5.74, 6) is 0.622. The number of nitriles is 1. The van der Waals surface area contributed by atoms with E-state index < -0.39 is 0 Å². The highest BCUT2D eigenvalue weighted by molar-refractivity contribution is 5.31. The zero-order chi connectivity index (χ0) is 16.2. The molecule has 22 heavy (non-hydrogen) atoms. The van der Waals surface area contributed by atoms with Crippen LogP contribution in [0.4, 0.5) is 5.95 Å². The van der Waals surface area contributed by atoms with Crippen LogP contribution in [0.2, 0.25) is 0 Å². The minimum Gasteiger partial charge on any atom is -0.352 e. The molecular formula is C17H23N5. The van der Waals surface area contributed by atoms with Gasteiger partial charge in [0.2, 0.25) is 5.95 Å². The maximum absolute atomic E-state index is 8.67. The molecule has 0 aliphatic heterocycles. The molecule has 2 rings (SSSR count). The van der Waals surface area contributed by atoms with E-state index in [1.54, 1.807) is 18.6 Å². The molecule has 0 saturated heterocycles. The Balaban J connectivity index is 0.000000335. The third kappa shape index (κ3) is 6.80. The third-order valence-electron chi connectivity index (χ3n) is 2.99. The van der Waals surface area contributed by atoms with Crippen LogP contribution in [0.1, 0.15) is 37.9 Å². The van der Waals surface area contributed by atoms with E-state index in [0.29, 0.717) is 18.4 Å². The molecular weight excluding hydrogens is 274 g/mol. The Kier molecular flexibility index (Phi) is 8.21. The average molecular weight is 297 g/mol. The van der Waals surface area contributed by atoms with Crippen molar-refractivity contribution in [1.82, 2.24) is 15.0 Å². The standard InChI is InChI=1S/C12H18N4.C5H5N/c1-4-5-10(3)15-12-14-8-9(2)11(16-12)6-7-13;1-2-4-6-5-3-1/h8,10H,4-6H2,1-3H3,(H,14,15,16);1-5H. The number of nitrogens with one attached hydrogen (secondary N) is 1. The second kappa shape index (κ2) is 10.3. The highest BCUT2D eigenvalue weighted by Crippen LogP contribution is 2.09. The fourth-order valence-corrected chi connectivity index (χ4v) is 1.84. The summed E-state index contributed by atoms with van der Waals surface area (Å²) in [7, 11) is 0. The Morgan fingerprint density at radius 3 is 2.50 bits per heavy atom. The SMILES string of the molecule is CCCC(C)Nc1ncc(C)c(CC#N)n1.c1ccncc1. The molecule has 0 radical (unpaired) electrons. The lowest BCUT2D eigenvalue weighted by Crippen LogP contribution is -2.17. The van der Waals surface area contributed by atoms with Crippen molar-refractivity contribution in [1.29, 1.82) is 5.26 Å². The largest absolute Gasteiger partial charge is 0.352 e. The molecule has 0 amide bonds.